The van der Waals surface area contributed by atoms with Crippen molar-refractivity contribution in [1.29, 1.82) is 0 Å². The Morgan fingerprint density at radius 3 is 2.81 bits per heavy atom. The van der Waals surface area contributed by atoms with Gasteiger partial charge >= 0.3 is 11.9 Å². The number of aliphatic imine (C=N–C) groups is 1. The summed E-state index contributed by atoms with van der Waals surface area (Å²) in [6.07, 6.45) is 3.59. The van der Waals surface area contributed by atoms with Crippen LogP contribution in [0.1, 0.15) is 32.3 Å². The number of hydrogen-bond acceptors (Lipinski definition) is 7. The number of carbonyl (C=O) groups is 2. The monoisotopic (exact) mass is 424 g/mol. The van der Waals surface area contributed by atoms with Crippen LogP contribution in [0.2, 0.25) is 0 Å². The summed E-state index contributed by atoms with van der Waals surface area (Å²) in [5.74, 6) is -0.114. The molecule has 0 radical (unpaired) electrons. The summed E-state index contributed by atoms with van der Waals surface area (Å²) in [6.45, 7) is 5.00. The molecule has 164 valence electrons. The predicted octanol–water partition coefficient (Wildman–Crippen LogP) is 2.80. The van der Waals surface area contributed by atoms with Crippen molar-refractivity contribution in [3.63, 3.8) is 0 Å². The predicted molar refractivity (Wildman–Crippen MR) is 115 cm³/mol. The molecule has 3 heterocycles. The first kappa shape index (κ1) is 20.2. The van der Waals surface area contributed by atoms with Crippen LogP contribution in [0.5, 0.6) is 5.75 Å². The van der Waals surface area contributed by atoms with Crippen LogP contribution in [-0.4, -0.2) is 62.5 Å². The molecule has 0 unspecified atom stereocenters. The summed E-state index contributed by atoms with van der Waals surface area (Å²) in [4.78, 5) is 33.3. The standard InChI is InChI=1S/C24H28N2O5/c1-5-15-12-26-9-8-23-18-10-16(29-3)6-7-19(18)25-21(23)20(26)11-17(15)24(23,22(28)30-4)13-31-14(2)27/h5-7,10,17,20H,8-9,11-13H2,1-4H3/b15-5-/t17-,20-,23+,24-/m0/s1. The zero-order valence-electron chi connectivity index (χ0n) is 18.4. The van der Waals surface area contributed by atoms with Crippen LogP contribution in [0.4, 0.5) is 5.69 Å². The van der Waals surface area contributed by atoms with Gasteiger partial charge in [0.2, 0.25) is 0 Å². The molecule has 0 spiro atoms. The Morgan fingerprint density at radius 2 is 2.13 bits per heavy atom. The fourth-order valence-electron chi connectivity index (χ4n) is 6.67. The van der Waals surface area contributed by atoms with Crippen LogP contribution < -0.4 is 4.74 Å². The molecule has 0 amide bonds. The van der Waals surface area contributed by atoms with E-state index >= 15 is 0 Å². The van der Waals surface area contributed by atoms with Gasteiger partial charge in [-0.1, -0.05) is 11.6 Å². The van der Waals surface area contributed by atoms with Crippen LogP contribution in [-0.2, 0) is 24.5 Å². The van der Waals surface area contributed by atoms with Gasteiger partial charge in [0.25, 0.3) is 0 Å². The van der Waals surface area contributed by atoms with Gasteiger partial charge in [-0.15, -0.1) is 0 Å². The molecule has 1 aliphatic carbocycles. The van der Waals surface area contributed by atoms with Crippen molar-refractivity contribution in [1.82, 2.24) is 4.90 Å². The highest BCUT2D eigenvalue weighted by Gasteiger charge is 2.74. The van der Waals surface area contributed by atoms with E-state index in [-0.39, 0.29) is 24.5 Å². The molecule has 7 heteroatoms. The largest absolute Gasteiger partial charge is 0.497 e. The Labute approximate surface area is 182 Å². The van der Waals surface area contributed by atoms with E-state index < -0.39 is 16.8 Å². The van der Waals surface area contributed by atoms with E-state index in [2.05, 4.69) is 11.0 Å². The van der Waals surface area contributed by atoms with Gasteiger partial charge in [0, 0.05) is 31.6 Å². The molecular formula is C24H28N2O5. The minimum atomic E-state index is -1.07. The number of nitrogens with zero attached hydrogens (tertiary/aromatic N) is 2. The third-order valence-electron chi connectivity index (χ3n) is 7.94. The Bertz CT molecular complexity index is 1030. The number of hydrogen-bond donors (Lipinski definition) is 0. The molecule has 31 heavy (non-hydrogen) atoms. The maximum absolute atomic E-state index is 13.8. The first-order valence-electron chi connectivity index (χ1n) is 10.8. The van der Waals surface area contributed by atoms with E-state index in [1.807, 2.05) is 25.1 Å². The second kappa shape index (κ2) is 6.92. The number of fused-ring (bicyclic) bond motifs is 2. The highest BCUT2D eigenvalue weighted by molar-refractivity contribution is 6.11. The molecule has 1 aromatic carbocycles. The maximum atomic E-state index is 13.8. The van der Waals surface area contributed by atoms with Gasteiger partial charge in [-0.3, -0.25) is 19.5 Å². The molecule has 3 bridgehead atoms. The summed E-state index contributed by atoms with van der Waals surface area (Å²) in [5, 5.41) is 0. The van der Waals surface area contributed by atoms with Crippen molar-refractivity contribution in [3.8, 4) is 5.75 Å². The number of allylic oxidation sites excluding steroid dienone is 1. The van der Waals surface area contributed by atoms with Crippen LogP contribution in [0.25, 0.3) is 0 Å². The zero-order valence-corrected chi connectivity index (χ0v) is 18.4. The molecule has 5 rings (SSSR count). The first-order chi connectivity index (χ1) is 14.9. The Kier molecular flexibility index (Phi) is 4.52. The smallest absolute Gasteiger partial charge is 0.317 e. The summed E-state index contributed by atoms with van der Waals surface area (Å²) >= 11 is 0. The molecule has 4 aliphatic rings. The highest BCUT2D eigenvalue weighted by atomic mass is 16.5. The quantitative estimate of drug-likeness (QED) is 0.546. The van der Waals surface area contributed by atoms with Crippen molar-refractivity contribution in [2.45, 2.75) is 38.1 Å². The molecule has 3 fully saturated rings. The fraction of sp³-hybridized carbons (Fsp3) is 0.542. The van der Waals surface area contributed by atoms with E-state index in [9.17, 15) is 9.59 Å². The van der Waals surface area contributed by atoms with E-state index in [0.29, 0.717) is 6.42 Å². The number of rotatable bonds is 4. The lowest BCUT2D eigenvalue weighted by Gasteiger charge is -2.64. The fourth-order valence-corrected chi connectivity index (χ4v) is 6.67. The lowest BCUT2D eigenvalue weighted by molar-refractivity contribution is -0.176. The number of methoxy groups -OCH3 is 2. The molecule has 0 aromatic heterocycles. The number of ether oxygens (including phenoxy) is 3. The second-order valence-electron chi connectivity index (χ2n) is 8.92. The van der Waals surface area contributed by atoms with Crippen LogP contribution >= 0.6 is 0 Å². The zero-order chi connectivity index (χ0) is 22.0. The van der Waals surface area contributed by atoms with E-state index in [0.717, 1.165) is 42.2 Å². The van der Waals surface area contributed by atoms with Crippen molar-refractivity contribution < 1.29 is 23.8 Å². The van der Waals surface area contributed by atoms with Gasteiger partial charge in [-0.2, -0.15) is 0 Å². The Morgan fingerprint density at radius 1 is 1.32 bits per heavy atom. The minimum absolute atomic E-state index is 0.0284. The molecule has 4 atom stereocenters. The van der Waals surface area contributed by atoms with Gasteiger partial charge in [-0.25, -0.2) is 0 Å². The van der Waals surface area contributed by atoms with Crippen molar-refractivity contribution >= 4 is 23.3 Å². The summed E-state index contributed by atoms with van der Waals surface area (Å²) in [7, 11) is 3.06. The normalized spacial score (nSPS) is 34.1. The minimum Gasteiger partial charge on any atom is -0.497 e. The van der Waals surface area contributed by atoms with Crippen LogP contribution in [0.3, 0.4) is 0 Å². The molecule has 0 N–H and O–H groups in total. The Balaban J connectivity index is 1.83. The van der Waals surface area contributed by atoms with Gasteiger partial charge in [-0.05, 0) is 43.5 Å². The van der Waals surface area contributed by atoms with Crippen molar-refractivity contribution in [2.75, 3.05) is 33.9 Å². The van der Waals surface area contributed by atoms with E-state index in [1.54, 1.807) is 7.11 Å². The number of benzene rings is 1. The van der Waals surface area contributed by atoms with Crippen molar-refractivity contribution in [3.05, 3.63) is 35.4 Å². The number of esters is 2. The summed E-state index contributed by atoms with van der Waals surface area (Å²) in [5.41, 5.74) is 2.27. The highest BCUT2D eigenvalue weighted by Crippen LogP contribution is 2.66. The van der Waals surface area contributed by atoms with E-state index in [4.69, 9.17) is 19.2 Å². The van der Waals surface area contributed by atoms with Crippen molar-refractivity contribution in [2.24, 2.45) is 16.3 Å². The second-order valence-corrected chi connectivity index (χ2v) is 8.92. The van der Waals surface area contributed by atoms with E-state index in [1.165, 1.54) is 19.6 Å². The SMILES string of the molecule is C/C=C1/CN2CC[C@]34C(=Nc5ccc(OC)cc53)[C@@H]2C[C@@H]1[C@@]4(COC(C)=O)C(=O)OC. The number of piperidine rings is 2. The van der Waals surface area contributed by atoms with Crippen LogP contribution in [0, 0.1) is 11.3 Å². The molecular weight excluding hydrogens is 396 g/mol. The van der Waals surface area contributed by atoms with Gasteiger partial charge in [0.15, 0.2) is 0 Å². The Hall–Kier alpha value is -2.67. The third kappa shape index (κ3) is 2.41. The van der Waals surface area contributed by atoms with Gasteiger partial charge in [0.1, 0.15) is 17.8 Å². The summed E-state index contributed by atoms with van der Waals surface area (Å²) < 4.78 is 16.7. The lowest BCUT2D eigenvalue weighted by Crippen LogP contribution is -2.75. The third-order valence-corrected chi connectivity index (χ3v) is 7.94. The first-order valence-corrected chi connectivity index (χ1v) is 10.8. The van der Waals surface area contributed by atoms with Crippen LogP contribution in [0.15, 0.2) is 34.8 Å². The molecule has 7 nitrogen and oxygen atoms in total. The summed E-state index contributed by atoms with van der Waals surface area (Å²) in [6, 6.07) is 6.03. The van der Waals surface area contributed by atoms with Gasteiger partial charge < -0.3 is 14.2 Å². The molecule has 1 aromatic rings. The average Bonchev–Trinajstić information content (AvgIpc) is 3.13. The lowest BCUT2D eigenvalue weighted by atomic mass is 9.43. The topological polar surface area (TPSA) is 77.4 Å². The average molecular weight is 424 g/mol. The maximum Gasteiger partial charge on any atom is 0.317 e. The molecule has 2 saturated heterocycles. The molecule has 1 saturated carbocycles. The number of carbonyl (C=O) groups excluding carboxylic acids is 2. The molecule has 3 aliphatic heterocycles. The van der Waals surface area contributed by atoms with Gasteiger partial charge in [0.05, 0.1) is 31.4 Å².